The topological polar surface area (TPSA) is 109 Å². The number of rotatable bonds is 5. The molecule has 1 aromatic carbocycles. The molecule has 4 N–H and O–H groups in total. The third-order valence-electron chi connectivity index (χ3n) is 2.63. The number of aromatic amines is 1. The van der Waals surface area contributed by atoms with Gasteiger partial charge in [0.05, 0.1) is 22.8 Å². The van der Waals surface area contributed by atoms with Crippen molar-refractivity contribution >= 4 is 35.1 Å². The van der Waals surface area contributed by atoms with Crippen LogP contribution in [0.2, 0.25) is 5.02 Å². The van der Waals surface area contributed by atoms with Crippen LogP contribution in [0, 0.1) is 0 Å². The molecule has 1 aromatic heterocycles. The van der Waals surface area contributed by atoms with E-state index >= 15 is 0 Å². The van der Waals surface area contributed by atoms with Gasteiger partial charge in [0.2, 0.25) is 0 Å². The number of nitrogens with zero attached hydrogens (tertiary/aromatic N) is 1. The minimum Gasteiger partial charge on any atom is -0.481 e. The first-order valence-corrected chi connectivity index (χ1v) is 7.30. The Morgan fingerprint density at radius 1 is 1.43 bits per heavy atom. The summed E-state index contributed by atoms with van der Waals surface area (Å²) < 4.78 is 0. The quantitative estimate of drug-likeness (QED) is 0.725. The Hall–Kier alpha value is -1.99. The number of benzene rings is 1. The lowest BCUT2D eigenvalue weighted by Gasteiger charge is -2.06. The molecule has 0 unspecified atom stereocenters. The number of carboxylic acid groups (broad SMARTS) is 1. The number of aliphatic carboxylic acids is 1. The number of thioether (sulfide) groups is 1. The highest BCUT2D eigenvalue weighted by Crippen LogP contribution is 2.28. The summed E-state index contributed by atoms with van der Waals surface area (Å²) in [4.78, 5) is 29.9. The summed E-state index contributed by atoms with van der Waals surface area (Å²) in [5.41, 5.74) is 5.08. The first-order valence-electron chi connectivity index (χ1n) is 5.94. The van der Waals surface area contributed by atoms with Crippen LogP contribution in [0.3, 0.4) is 0 Å². The zero-order chi connectivity index (χ0) is 15.4. The highest BCUT2D eigenvalue weighted by Gasteiger charge is 2.13. The third-order valence-corrected chi connectivity index (χ3v) is 4.15. The van der Waals surface area contributed by atoms with Gasteiger partial charge in [-0.25, -0.2) is 4.98 Å². The van der Waals surface area contributed by atoms with Crippen molar-refractivity contribution in [1.29, 1.82) is 0 Å². The van der Waals surface area contributed by atoms with Crippen molar-refractivity contribution in [2.75, 3.05) is 5.73 Å². The number of nitrogen functional groups attached to an aromatic ring is 1. The lowest BCUT2D eigenvalue weighted by molar-refractivity contribution is -0.136. The van der Waals surface area contributed by atoms with Crippen molar-refractivity contribution in [3.8, 4) is 0 Å². The standard InChI is InChI=1S/C13H12ClN3O3S/c14-8-3-1-2-4-9(8)21-6-10-16-12(15)7(5-11(18)19)13(20)17-10/h1-4H,5-6H2,(H,18,19)(H3,15,16,17,20). The van der Waals surface area contributed by atoms with Crippen LogP contribution >= 0.6 is 23.4 Å². The molecule has 2 aromatic rings. The summed E-state index contributed by atoms with van der Waals surface area (Å²) in [5.74, 6) is -0.448. The van der Waals surface area contributed by atoms with E-state index in [1.54, 1.807) is 6.07 Å². The van der Waals surface area contributed by atoms with E-state index in [4.69, 9.17) is 22.4 Å². The number of hydrogen-bond acceptors (Lipinski definition) is 5. The average Bonchev–Trinajstić information content (AvgIpc) is 2.42. The lowest BCUT2D eigenvalue weighted by Crippen LogP contribution is -2.21. The summed E-state index contributed by atoms with van der Waals surface area (Å²) >= 11 is 7.43. The van der Waals surface area contributed by atoms with Crippen molar-refractivity contribution in [1.82, 2.24) is 9.97 Å². The molecular formula is C13H12ClN3O3S. The van der Waals surface area contributed by atoms with Crippen LogP contribution in [0.15, 0.2) is 34.0 Å². The molecule has 0 aliphatic rings. The van der Waals surface area contributed by atoms with E-state index < -0.39 is 17.9 Å². The minimum absolute atomic E-state index is 0.0333. The van der Waals surface area contributed by atoms with Gasteiger partial charge in [-0.1, -0.05) is 23.7 Å². The number of aromatic nitrogens is 2. The number of nitrogens with one attached hydrogen (secondary N) is 1. The normalized spacial score (nSPS) is 10.5. The zero-order valence-electron chi connectivity index (χ0n) is 10.8. The van der Waals surface area contributed by atoms with Gasteiger partial charge in [0.1, 0.15) is 11.6 Å². The zero-order valence-corrected chi connectivity index (χ0v) is 12.4. The molecule has 0 atom stereocenters. The van der Waals surface area contributed by atoms with Gasteiger partial charge < -0.3 is 15.8 Å². The largest absolute Gasteiger partial charge is 0.481 e. The smallest absolute Gasteiger partial charge is 0.308 e. The molecule has 0 bridgehead atoms. The summed E-state index contributed by atoms with van der Waals surface area (Å²) in [6.07, 6.45) is -0.452. The average molecular weight is 326 g/mol. The van der Waals surface area contributed by atoms with Gasteiger partial charge in [-0.2, -0.15) is 0 Å². The lowest BCUT2D eigenvalue weighted by atomic mass is 10.2. The number of nitrogens with two attached hydrogens (primary N) is 1. The molecule has 110 valence electrons. The van der Waals surface area contributed by atoms with E-state index in [1.807, 2.05) is 18.2 Å². The third kappa shape index (κ3) is 3.99. The molecule has 0 aliphatic heterocycles. The Morgan fingerprint density at radius 3 is 2.76 bits per heavy atom. The van der Waals surface area contributed by atoms with E-state index in [9.17, 15) is 9.59 Å². The van der Waals surface area contributed by atoms with Crippen molar-refractivity contribution < 1.29 is 9.90 Å². The number of carboxylic acids is 1. The summed E-state index contributed by atoms with van der Waals surface area (Å²) in [5, 5.41) is 9.32. The Bertz CT molecular complexity index is 733. The summed E-state index contributed by atoms with van der Waals surface area (Å²) in [7, 11) is 0. The second-order valence-corrected chi connectivity index (χ2v) is 5.59. The molecule has 0 radical (unpaired) electrons. The first-order chi connectivity index (χ1) is 9.97. The summed E-state index contributed by atoms with van der Waals surface area (Å²) in [6, 6.07) is 7.30. The van der Waals surface area contributed by atoms with Crippen LogP contribution in [0.5, 0.6) is 0 Å². The van der Waals surface area contributed by atoms with Gasteiger partial charge in [0.15, 0.2) is 0 Å². The number of H-pyrrole nitrogens is 1. The maximum atomic E-state index is 11.8. The number of halogens is 1. The van der Waals surface area contributed by atoms with Crippen LogP contribution in [-0.2, 0) is 17.0 Å². The van der Waals surface area contributed by atoms with Gasteiger partial charge in [0, 0.05) is 4.90 Å². The Balaban J connectivity index is 2.17. The van der Waals surface area contributed by atoms with Gasteiger partial charge in [-0.15, -0.1) is 11.8 Å². The predicted molar refractivity (Wildman–Crippen MR) is 81.6 cm³/mol. The monoisotopic (exact) mass is 325 g/mol. The molecule has 2 rings (SSSR count). The Morgan fingerprint density at radius 2 is 2.14 bits per heavy atom. The van der Waals surface area contributed by atoms with Gasteiger partial charge in [-0.3, -0.25) is 9.59 Å². The maximum absolute atomic E-state index is 11.8. The van der Waals surface area contributed by atoms with E-state index in [2.05, 4.69) is 9.97 Å². The molecule has 0 saturated carbocycles. The Kier molecular flexibility index (Phi) is 4.87. The molecule has 0 saturated heterocycles. The first kappa shape index (κ1) is 15.4. The van der Waals surface area contributed by atoms with Gasteiger partial charge in [0.25, 0.3) is 5.56 Å². The second kappa shape index (κ2) is 6.64. The van der Waals surface area contributed by atoms with Gasteiger partial charge in [-0.05, 0) is 12.1 Å². The number of hydrogen-bond donors (Lipinski definition) is 3. The molecule has 6 nitrogen and oxygen atoms in total. The molecule has 8 heteroatoms. The fourth-order valence-electron chi connectivity index (χ4n) is 1.66. The summed E-state index contributed by atoms with van der Waals surface area (Å²) in [6.45, 7) is 0. The fraction of sp³-hybridized carbons (Fsp3) is 0.154. The Labute approximate surface area is 129 Å². The van der Waals surface area contributed by atoms with E-state index in [-0.39, 0.29) is 11.4 Å². The minimum atomic E-state index is -1.13. The van der Waals surface area contributed by atoms with Crippen molar-refractivity contribution in [2.45, 2.75) is 17.1 Å². The van der Waals surface area contributed by atoms with Crippen LogP contribution in [0.25, 0.3) is 0 Å². The molecule has 1 heterocycles. The van der Waals surface area contributed by atoms with Crippen molar-refractivity contribution in [3.63, 3.8) is 0 Å². The maximum Gasteiger partial charge on any atom is 0.308 e. The van der Waals surface area contributed by atoms with Crippen LogP contribution in [0.4, 0.5) is 5.82 Å². The van der Waals surface area contributed by atoms with E-state index in [0.29, 0.717) is 16.6 Å². The molecular weight excluding hydrogens is 314 g/mol. The van der Waals surface area contributed by atoms with Crippen molar-refractivity contribution in [3.05, 3.63) is 51.0 Å². The van der Waals surface area contributed by atoms with Crippen LogP contribution in [-0.4, -0.2) is 21.0 Å². The van der Waals surface area contributed by atoms with Crippen LogP contribution in [0.1, 0.15) is 11.4 Å². The molecule has 0 fully saturated rings. The van der Waals surface area contributed by atoms with Crippen LogP contribution < -0.4 is 11.3 Å². The number of anilines is 1. The molecule has 0 aliphatic carbocycles. The SMILES string of the molecule is Nc1nc(CSc2ccccc2Cl)[nH]c(=O)c1CC(=O)O. The van der Waals surface area contributed by atoms with E-state index in [0.717, 1.165) is 4.90 Å². The highest BCUT2D eigenvalue weighted by molar-refractivity contribution is 7.98. The van der Waals surface area contributed by atoms with Crippen molar-refractivity contribution in [2.24, 2.45) is 0 Å². The second-order valence-electron chi connectivity index (χ2n) is 4.17. The predicted octanol–water partition coefficient (Wildman–Crippen LogP) is 1.92. The molecule has 21 heavy (non-hydrogen) atoms. The van der Waals surface area contributed by atoms with Gasteiger partial charge >= 0.3 is 5.97 Å². The fourth-order valence-corrected chi connectivity index (χ4v) is 2.77. The van der Waals surface area contributed by atoms with E-state index in [1.165, 1.54) is 11.8 Å². The highest BCUT2D eigenvalue weighted by atomic mass is 35.5. The molecule has 0 spiro atoms. The number of carbonyl (C=O) groups is 1. The molecule has 0 amide bonds.